The molecular weight excluding hydrogens is 302 g/mol. The molecule has 2 fully saturated rings. The molecule has 2 saturated heterocycles. The van der Waals surface area contributed by atoms with Crippen LogP contribution >= 0.6 is 0 Å². The summed E-state index contributed by atoms with van der Waals surface area (Å²) in [5, 5.41) is 10.8. The molecule has 1 amide bonds. The standard InChI is InChI=1S/C15H19N3O5/c1-8-12(9-2-4-20-5-3-9)17-23-15(8)16-14(19)13-10-6-21-7-11(10)22-18-13/h9-11H,2-7H2,1H3,(H,16,19)/t10-,11+/m0/s1. The second-order valence-corrected chi connectivity index (χ2v) is 6.13. The molecule has 4 rings (SSSR count). The quantitative estimate of drug-likeness (QED) is 0.899. The number of amides is 1. The van der Waals surface area contributed by atoms with Gasteiger partial charge in [-0.3, -0.25) is 10.1 Å². The lowest BCUT2D eigenvalue weighted by Crippen LogP contribution is -2.31. The van der Waals surface area contributed by atoms with Gasteiger partial charge >= 0.3 is 0 Å². The van der Waals surface area contributed by atoms with E-state index in [1.54, 1.807) is 0 Å². The van der Waals surface area contributed by atoms with Gasteiger partial charge in [0.05, 0.1) is 24.8 Å². The number of ether oxygens (including phenoxy) is 2. The van der Waals surface area contributed by atoms with Gasteiger partial charge in [-0.25, -0.2) is 0 Å². The highest BCUT2D eigenvalue weighted by molar-refractivity contribution is 6.44. The zero-order valence-corrected chi connectivity index (χ0v) is 12.9. The minimum Gasteiger partial charge on any atom is -0.389 e. The highest BCUT2D eigenvalue weighted by Gasteiger charge is 2.42. The number of aromatic nitrogens is 1. The summed E-state index contributed by atoms with van der Waals surface area (Å²) in [7, 11) is 0. The highest BCUT2D eigenvalue weighted by Crippen LogP contribution is 2.32. The van der Waals surface area contributed by atoms with E-state index in [1.165, 1.54) is 0 Å². The van der Waals surface area contributed by atoms with Gasteiger partial charge in [-0.1, -0.05) is 10.3 Å². The summed E-state index contributed by atoms with van der Waals surface area (Å²) in [6, 6.07) is 0. The van der Waals surface area contributed by atoms with E-state index in [0.717, 1.165) is 37.3 Å². The molecule has 0 spiro atoms. The molecule has 0 aliphatic carbocycles. The van der Waals surface area contributed by atoms with E-state index in [2.05, 4.69) is 15.6 Å². The molecule has 124 valence electrons. The number of fused-ring (bicyclic) bond motifs is 1. The molecule has 0 aromatic carbocycles. The number of carbonyl (C=O) groups excluding carboxylic acids is 1. The van der Waals surface area contributed by atoms with E-state index < -0.39 is 0 Å². The van der Waals surface area contributed by atoms with E-state index in [4.69, 9.17) is 18.8 Å². The molecule has 1 N–H and O–H groups in total. The number of oxime groups is 1. The van der Waals surface area contributed by atoms with Gasteiger partial charge in [0, 0.05) is 24.7 Å². The average molecular weight is 321 g/mol. The first-order valence-electron chi connectivity index (χ1n) is 7.90. The van der Waals surface area contributed by atoms with Crippen LogP contribution in [0.4, 0.5) is 5.88 Å². The summed E-state index contributed by atoms with van der Waals surface area (Å²) in [5.41, 5.74) is 2.12. The SMILES string of the molecule is Cc1c(C2CCOCC2)noc1NC(=O)C1=NO[C@@H]2COC[C@H]12. The van der Waals surface area contributed by atoms with Crippen molar-refractivity contribution < 1.29 is 23.6 Å². The van der Waals surface area contributed by atoms with Gasteiger partial charge in [-0.15, -0.1) is 0 Å². The Labute approximate surface area is 133 Å². The molecule has 0 saturated carbocycles. The van der Waals surface area contributed by atoms with Gasteiger partial charge in [-0.05, 0) is 19.8 Å². The van der Waals surface area contributed by atoms with Crippen molar-refractivity contribution >= 4 is 17.5 Å². The van der Waals surface area contributed by atoms with Crippen LogP contribution in [0.1, 0.15) is 30.0 Å². The Hall–Kier alpha value is -1.93. The predicted molar refractivity (Wildman–Crippen MR) is 79.3 cm³/mol. The summed E-state index contributed by atoms with van der Waals surface area (Å²) in [6.45, 7) is 4.30. The van der Waals surface area contributed by atoms with Crippen LogP contribution < -0.4 is 5.32 Å². The molecule has 4 heterocycles. The van der Waals surface area contributed by atoms with Crippen molar-refractivity contribution in [2.24, 2.45) is 11.1 Å². The lowest BCUT2D eigenvalue weighted by Gasteiger charge is -2.20. The molecule has 2 atom stereocenters. The maximum Gasteiger partial charge on any atom is 0.276 e. The third-order valence-electron chi connectivity index (χ3n) is 4.69. The first-order chi connectivity index (χ1) is 11.2. The van der Waals surface area contributed by atoms with Crippen LogP contribution in [0.15, 0.2) is 9.68 Å². The molecule has 0 unspecified atom stereocenters. The van der Waals surface area contributed by atoms with Gasteiger partial charge in [0.2, 0.25) is 5.88 Å². The molecule has 1 aromatic heterocycles. The van der Waals surface area contributed by atoms with E-state index in [0.29, 0.717) is 30.7 Å². The molecule has 1 aromatic rings. The zero-order chi connectivity index (χ0) is 15.8. The largest absolute Gasteiger partial charge is 0.389 e. The van der Waals surface area contributed by atoms with Crippen LogP contribution in [0.5, 0.6) is 0 Å². The van der Waals surface area contributed by atoms with Gasteiger partial charge in [0.25, 0.3) is 5.91 Å². The van der Waals surface area contributed by atoms with Crippen molar-refractivity contribution in [2.75, 3.05) is 31.7 Å². The lowest BCUT2D eigenvalue weighted by molar-refractivity contribution is -0.110. The number of carbonyl (C=O) groups is 1. The van der Waals surface area contributed by atoms with E-state index in [1.807, 2.05) is 6.92 Å². The van der Waals surface area contributed by atoms with Crippen LogP contribution in [-0.4, -0.2) is 49.3 Å². The predicted octanol–water partition coefficient (Wildman–Crippen LogP) is 1.22. The summed E-state index contributed by atoms with van der Waals surface area (Å²) in [4.78, 5) is 17.6. The van der Waals surface area contributed by atoms with E-state index >= 15 is 0 Å². The number of nitrogens with one attached hydrogen (secondary N) is 1. The summed E-state index contributed by atoms with van der Waals surface area (Å²) < 4.78 is 16.0. The molecule has 3 aliphatic rings. The minimum absolute atomic E-state index is 0.104. The third kappa shape index (κ3) is 2.61. The number of anilines is 1. The van der Waals surface area contributed by atoms with Crippen LogP contribution in [0.2, 0.25) is 0 Å². The molecule has 8 heteroatoms. The summed E-state index contributed by atoms with van der Waals surface area (Å²) >= 11 is 0. The smallest absolute Gasteiger partial charge is 0.276 e. The Balaban J connectivity index is 1.46. The van der Waals surface area contributed by atoms with E-state index in [-0.39, 0.29) is 17.9 Å². The topological polar surface area (TPSA) is 95.2 Å². The van der Waals surface area contributed by atoms with Crippen molar-refractivity contribution in [3.05, 3.63) is 11.3 Å². The van der Waals surface area contributed by atoms with Crippen LogP contribution in [0.25, 0.3) is 0 Å². The minimum atomic E-state index is -0.319. The first kappa shape index (κ1) is 14.6. The normalized spacial score (nSPS) is 27.4. The second-order valence-electron chi connectivity index (χ2n) is 6.13. The Morgan fingerprint density at radius 2 is 2.04 bits per heavy atom. The zero-order valence-electron chi connectivity index (χ0n) is 12.9. The van der Waals surface area contributed by atoms with Gasteiger partial charge in [0.15, 0.2) is 11.8 Å². The number of hydrogen-bond donors (Lipinski definition) is 1. The van der Waals surface area contributed by atoms with Crippen molar-refractivity contribution in [1.82, 2.24) is 5.16 Å². The highest BCUT2D eigenvalue weighted by atomic mass is 16.7. The molecule has 0 radical (unpaired) electrons. The van der Waals surface area contributed by atoms with Gasteiger partial charge in [0.1, 0.15) is 0 Å². The summed E-state index contributed by atoms with van der Waals surface area (Å²) in [5.74, 6) is 0.272. The Kier molecular flexibility index (Phi) is 3.78. The number of nitrogens with zero attached hydrogens (tertiary/aromatic N) is 2. The summed E-state index contributed by atoms with van der Waals surface area (Å²) in [6.07, 6.45) is 1.69. The first-order valence-corrected chi connectivity index (χ1v) is 7.90. The fourth-order valence-corrected chi connectivity index (χ4v) is 3.28. The van der Waals surface area contributed by atoms with E-state index in [9.17, 15) is 4.79 Å². The maximum atomic E-state index is 12.4. The van der Waals surface area contributed by atoms with Gasteiger partial charge in [-0.2, -0.15) is 0 Å². The van der Waals surface area contributed by atoms with Crippen LogP contribution in [0, 0.1) is 12.8 Å². The Morgan fingerprint density at radius 1 is 1.22 bits per heavy atom. The van der Waals surface area contributed by atoms with Crippen molar-refractivity contribution in [3.8, 4) is 0 Å². The molecule has 0 bridgehead atoms. The number of hydrogen-bond acceptors (Lipinski definition) is 7. The molecule has 23 heavy (non-hydrogen) atoms. The second kappa shape index (κ2) is 5.93. The fourth-order valence-electron chi connectivity index (χ4n) is 3.28. The number of rotatable bonds is 3. The third-order valence-corrected chi connectivity index (χ3v) is 4.69. The molecule has 3 aliphatic heterocycles. The molecule has 8 nitrogen and oxygen atoms in total. The van der Waals surface area contributed by atoms with Crippen molar-refractivity contribution in [3.63, 3.8) is 0 Å². The van der Waals surface area contributed by atoms with Crippen molar-refractivity contribution in [2.45, 2.75) is 31.8 Å². The fraction of sp³-hybridized carbons (Fsp3) is 0.667. The monoisotopic (exact) mass is 321 g/mol. The Morgan fingerprint density at radius 3 is 2.87 bits per heavy atom. The van der Waals surface area contributed by atoms with Gasteiger partial charge < -0.3 is 18.8 Å². The average Bonchev–Trinajstić information content (AvgIpc) is 3.25. The lowest BCUT2D eigenvalue weighted by atomic mass is 9.94. The molecular formula is C15H19N3O5. The van der Waals surface area contributed by atoms with Crippen LogP contribution in [-0.2, 0) is 19.1 Å². The van der Waals surface area contributed by atoms with Crippen molar-refractivity contribution in [1.29, 1.82) is 0 Å². The van der Waals surface area contributed by atoms with Crippen LogP contribution in [0.3, 0.4) is 0 Å². The Bertz CT molecular complexity index is 635. The maximum absolute atomic E-state index is 12.4.